The van der Waals surface area contributed by atoms with Crippen molar-refractivity contribution in [3.05, 3.63) is 59.4 Å². The predicted octanol–water partition coefficient (Wildman–Crippen LogP) is 4.16. The number of halogens is 6. The number of nitrogens with zero attached hydrogens (tertiary/aromatic N) is 1. The standard InChI is InChI=1S/C18H16F6N2O3S/c1-2-9-26(10-15(27)25-14-8-7-13(19)16(20)17(14)21)30(28,29)12-5-3-11(4-6-12)18(22,23)24/h3-8H,2,9-10H2,1H3,(H,25,27). The van der Waals surface area contributed by atoms with Gasteiger partial charge in [-0.3, -0.25) is 4.79 Å². The maximum atomic E-state index is 13.7. The van der Waals surface area contributed by atoms with Crippen LogP contribution in [0.3, 0.4) is 0 Å². The summed E-state index contributed by atoms with van der Waals surface area (Å²) in [7, 11) is -4.36. The molecule has 2 rings (SSSR count). The lowest BCUT2D eigenvalue weighted by Crippen LogP contribution is -2.38. The Morgan fingerprint density at radius 1 is 1.00 bits per heavy atom. The number of hydrogen-bond acceptors (Lipinski definition) is 3. The molecule has 0 aliphatic carbocycles. The zero-order valence-corrected chi connectivity index (χ0v) is 16.2. The van der Waals surface area contributed by atoms with Crippen LogP contribution in [0.25, 0.3) is 0 Å². The molecule has 0 radical (unpaired) electrons. The van der Waals surface area contributed by atoms with Crippen LogP contribution in [0.15, 0.2) is 41.3 Å². The summed E-state index contributed by atoms with van der Waals surface area (Å²) >= 11 is 0. The first-order valence-corrected chi connectivity index (χ1v) is 9.92. The third-order valence-corrected chi connectivity index (χ3v) is 5.78. The lowest BCUT2D eigenvalue weighted by atomic mass is 10.2. The summed E-state index contributed by atoms with van der Waals surface area (Å²) in [6.07, 6.45) is -4.40. The molecule has 2 aromatic rings. The van der Waals surface area contributed by atoms with Gasteiger partial charge in [0, 0.05) is 6.54 Å². The monoisotopic (exact) mass is 454 g/mol. The third-order valence-electron chi connectivity index (χ3n) is 3.92. The molecule has 0 saturated heterocycles. The molecule has 30 heavy (non-hydrogen) atoms. The molecule has 0 atom stereocenters. The Kier molecular flexibility index (Phi) is 7.14. The highest BCUT2D eigenvalue weighted by molar-refractivity contribution is 7.89. The average molecular weight is 454 g/mol. The van der Waals surface area contributed by atoms with E-state index in [-0.39, 0.29) is 13.0 Å². The van der Waals surface area contributed by atoms with E-state index in [0.29, 0.717) is 22.5 Å². The second kappa shape index (κ2) is 9.04. The number of hydrogen-bond donors (Lipinski definition) is 1. The number of anilines is 1. The van der Waals surface area contributed by atoms with E-state index < -0.39 is 62.2 Å². The smallest absolute Gasteiger partial charge is 0.322 e. The number of sulfonamides is 1. The van der Waals surface area contributed by atoms with Gasteiger partial charge in [-0.15, -0.1) is 0 Å². The van der Waals surface area contributed by atoms with Crippen molar-refractivity contribution in [1.29, 1.82) is 0 Å². The molecule has 1 N–H and O–H groups in total. The normalized spacial score (nSPS) is 12.3. The van der Waals surface area contributed by atoms with Crippen LogP contribution < -0.4 is 5.32 Å². The lowest BCUT2D eigenvalue weighted by molar-refractivity contribution is -0.137. The molecule has 0 bridgehead atoms. The Balaban J connectivity index is 2.24. The number of amides is 1. The van der Waals surface area contributed by atoms with Crippen LogP contribution in [0.4, 0.5) is 32.0 Å². The molecular weight excluding hydrogens is 438 g/mol. The van der Waals surface area contributed by atoms with E-state index in [1.165, 1.54) is 0 Å². The van der Waals surface area contributed by atoms with Crippen molar-refractivity contribution in [2.45, 2.75) is 24.4 Å². The molecule has 0 heterocycles. The number of carbonyl (C=O) groups excluding carboxylic acids is 1. The minimum absolute atomic E-state index is 0.170. The van der Waals surface area contributed by atoms with Gasteiger partial charge in [0.1, 0.15) is 0 Å². The van der Waals surface area contributed by atoms with Crippen molar-refractivity contribution in [3.8, 4) is 0 Å². The summed E-state index contributed by atoms with van der Waals surface area (Å²) in [5.41, 5.74) is -1.74. The molecule has 5 nitrogen and oxygen atoms in total. The molecule has 0 spiro atoms. The summed E-state index contributed by atoms with van der Waals surface area (Å²) in [4.78, 5) is 11.7. The molecule has 0 aliphatic rings. The van der Waals surface area contributed by atoms with Crippen molar-refractivity contribution in [2.24, 2.45) is 0 Å². The van der Waals surface area contributed by atoms with Gasteiger partial charge in [-0.25, -0.2) is 21.6 Å². The minimum Gasteiger partial charge on any atom is -0.322 e. The maximum absolute atomic E-state index is 13.7. The Hall–Kier alpha value is -2.60. The number of nitrogens with one attached hydrogen (secondary N) is 1. The van der Waals surface area contributed by atoms with E-state index in [4.69, 9.17) is 0 Å². The largest absolute Gasteiger partial charge is 0.416 e. The van der Waals surface area contributed by atoms with Crippen molar-refractivity contribution in [2.75, 3.05) is 18.4 Å². The van der Waals surface area contributed by atoms with Gasteiger partial charge in [0.25, 0.3) is 0 Å². The first-order valence-electron chi connectivity index (χ1n) is 8.48. The second-order valence-corrected chi connectivity index (χ2v) is 8.07. The Morgan fingerprint density at radius 3 is 2.13 bits per heavy atom. The zero-order chi connectivity index (χ0) is 22.7. The molecule has 0 aliphatic heterocycles. The quantitative estimate of drug-likeness (QED) is 0.505. The van der Waals surface area contributed by atoms with Crippen LogP contribution in [0.5, 0.6) is 0 Å². The average Bonchev–Trinajstić information content (AvgIpc) is 2.67. The second-order valence-electron chi connectivity index (χ2n) is 6.13. The van der Waals surface area contributed by atoms with Crippen molar-refractivity contribution < 1.29 is 39.6 Å². The molecule has 0 saturated carbocycles. The maximum Gasteiger partial charge on any atom is 0.416 e. The van der Waals surface area contributed by atoms with Crippen LogP contribution in [0.1, 0.15) is 18.9 Å². The van der Waals surface area contributed by atoms with Crippen LogP contribution in [-0.4, -0.2) is 31.7 Å². The fourth-order valence-corrected chi connectivity index (χ4v) is 3.96. The zero-order valence-electron chi connectivity index (χ0n) is 15.4. The molecule has 0 fully saturated rings. The first kappa shape index (κ1) is 23.7. The van der Waals surface area contributed by atoms with E-state index in [0.717, 1.165) is 18.2 Å². The number of benzene rings is 2. The summed E-state index contributed by atoms with van der Waals surface area (Å²) < 4.78 is 104. The molecule has 1 amide bonds. The van der Waals surface area contributed by atoms with Crippen LogP contribution >= 0.6 is 0 Å². The van der Waals surface area contributed by atoms with Crippen molar-refractivity contribution in [1.82, 2.24) is 4.31 Å². The van der Waals surface area contributed by atoms with Gasteiger partial charge in [0.05, 0.1) is 22.7 Å². The number of carbonyl (C=O) groups is 1. The van der Waals surface area contributed by atoms with Gasteiger partial charge in [-0.2, -0.15) is 17.5 Å². The number of alkyl halides is 3. The topological polar surface area (TPSA) is 66.5 Å². The summed E-state index contributed by atoms with van der Waals surface area (Å²) in [6, 6.07) is 4.04. The molecule has 0 unspecified atom stereocenters. The van der Waals surface area contributed by atoms with Crippen LogP contribution in [0, 0.1) is 17.5 Å². The Bertz CT molecular complexity index is 1020. The van der Waals surface area contributed by atoms with Crippen LogP contribution in [-0.2, 0) is 21.0 Å². The van der Waals surface area contributed by atoms with Crippen LogP contribution in [0.2, 0.25) is 0 Å². The number of rotatable bonds is 7. The Morgan fingerprint density at radius 2 is 1.60 bits per heavy atom. The summed E-state index contributed by atoms with van der Waals surface area (Å²) in [5, 5.41) is 1.94. The van der Waals surface area contributed by atoms with E-state index >= 15 is 0 Å². The molecule has 2 aromatic carbocycles. The SMILES string of the molecule is CCCN(CC(=O)Nc1ccc(F)c(F)c1F)S(=O)(=O)c1ccc(C(F)(F)F)cc1. The van der Waals surface area contributed by atoms with E-state index in [2.05, 4.69) is 0 Å². The highest BCUT2D eigenvalue weighted by Crippen LogP contribution is 2.30. The fraction of sp³-hybridized carbons (Fsp3) is 0.278. The highest BCUT2D eigenvalue weighted by Gasteiger charge is 2.32. The van der Waals surface area contributed by atoms with Gasteiger partial charge in [0.2, 0.25) is 15.9 Å². The van der Waals surface area contributed by atoms with E-state index in [1.54, 1.807) is 6.92 Å². The Labute approximate surface area is 168 Å². The minimum atomic E-state index is -4.65. The van der Waals surface area contributed by atoms with Gasteiger partial charge < -0.3 is 5.32 Å². The lowest BCUT2D eigenvalue weighted by Gasteiger charge is -2.21. The van der Waals surface area contributed by atoms with Gasteiger partial charge >= 0.3 is 6.18 Å². The predicted molar refractivity (Wildman–Crippen MR) is 95.4 cm³/mol. The molecular formula is C18H16F6N2O3S. The summed E-state index contributed by atoms with van der Waals surface area (Å²) in [6.45, 7) is 0.606. The van der Waals surface area contributed by atoms with Gasteiger partial charge in [-0.05, 0) is 42.8 Å². The molecule has 164 valence electrons. The van der Waals surface area contributed by atoms with Gasteiger partial charge in [0.15, 0.2) is 17.5 Å². The van der Waals surface area contributed by atoms with E-state index in [1.807, 2.05) is 5.32 Å². The summed E-state index contributed by atoms with van der Waals surface area (Å²) in [5.74, 6) is -5.99. The third kappa shape index (κ3) is 5.30. The highest BCUT2D eigenvalue weighted by atomic mass is 32.2. The van der Waals surface area contributed by atoms with Gasteiger partial charge in [-0.1, -0.05) is 6.92 Å². The molecule has 0 aromatic heterocycles. The first-order chi connectivity index (χ1) is 13.9. The van der Waals surface area contributed by atoms with Crippen molar-refractivity contribution >= 4 is 21.6 Å². The fourth-order valence-electron chi connectivity index (χ4n) is 2.47. The molecule has 12 heteroatoms. The van der Waals surface area contributed by atoms with Crippen molar-refractivity contribution in [3.63, 3.8) is 0 Å². The van der Waals surface area contributed by atoms with E-state index in [9.17, 15) is 39.6 Å².